The number of amides is 1. The first kappa shape index (κ1) is 16.9. The number of benzene rings is 2. The van der Waals surface area contributed by atoms with E-state index in [1.165, 1.54) is 11.1 Å². The molecule has 1 heterocycles. The molecule has 4 atom stereocenters. The van der Waals surface area contributed by atoms with Gasteiger partial charge in [-0.2, -0.15) is 0 Å². The van der Waals surface area contributed by atoms with Crippen LogP contribution in [0.2, 0.25) is 10.0 Å². The van der Waals surface area contributed by atoms with Gasteiger partial charge in [0.25, 0.3) is 0 Å². The molecular formula is C21H21Cl2NO. The highest BCUT2D eigenvalue weighted by atomic mass is 35.5. The molecule has 0 bridgehead atoms. The Hall–Kier alpha value is -1.51. The summed E-state index contributed by atoms with van der Waals surface area (Å²) in [5, 5.41) is 4.46. The summed E-state index contributed by atoms with van der Waals surface area (Å²) in [5.74, 6) is 1.25. The number of carbonyl (C=O) groups excluding carboxylic acids is 1. The van der Waals surface area contributed by atoms with Crippen molar-refractivity contribution in [1.82, 2.24) is 5.32 Å². The number of hydrogen-bond acceptors (Lipinski definition) is 1. The van der Waals surface area contributed by atoms with Gasteiger partial charge in [0.15, 0.2) is 0 Å². The Morgan fingerprint density at radius 3 is 2.44 bits per heavy atom. The maximum Gasteiger partial charge on any atom is 0.223 e. The summed E-state index contributed by atoms with van der Waals surface area (Å²) in [6.45, 7) is 2.85. The van der Waals surface area contributed by atoms with Crippen LogP contribution in [-0.2, 0) is 4.79 Å². The van der Waals surface area contributed by atoms with E-state index in [0.717, 1.165) is 30.0 Å². The lowest BCUT2D eigenvalue weighted by molar-refractivity contribution is -0.123. The van der Waals surface area contributed by atoms with Gasteiger partial charge >= 0.3 is 0 Å². The van der Waals surface area contributed by atoms with Gasteiger partial charge in [0, 0.05) is 22.5 Å². The topological polar surface area (TPSA) is 29.1 Å². The van der Waals surface area contributed by atoms with Crippen LogP contribution >= 0.6 is 23.2 Å². The zero-order chi connectivity index (χ0) is 17.6. The van der Waals surface area contributed by atoms with Crippen LogP contribution in [0.25, 0.3) is 0 Å². The van der Waals surface area contributed by atoms with Crippen molar-refractivity contribution in [3.63, 3.8) is 0 Å². The van der Waals surface area contributed by atoms with Gasteiger partial charge in [-0.1, -0.05) is 59.1 Å². The second kappa shape index (κ2) is 6.66. The molecule has 25 heavy (non-hydrogen) atoms. The molecule has 1 aliphatic heterocycles. The molecule has 2 nitrogen and oxygen atoms in total. The van der Waals surface area contributed by atoms with Gasteiger partial charge in [0.1, 0.15) is 0 Å². The highest BCUT2D eigenvalue weighted by Gasteiger charge is 2.47. The Morgan fingerprint density at radius 1 is 1.00 bits per heavy atom. The van der Waals surface area contributed by atoms with Crippen molar-refractivity contribution < 1.29 is 4.79 Å². The third kappa shape index (κ3) is 3.07. The minimum atomic E-state index is 0.119. The second-order valence-electron chi connectivity index (χ2n) is 7.30. The molecule has 0 aromatic heterocycles. The van der Waals surface area contributed by atoms with Crippen molar-refractivity contribution in [2.75, 3.05) is 6.54 Å². The molecule has 1 aliphatic carbocycles. The smallest absolute Gasteiger partial charge is 0.223 e. The molecule has 2 fully saturated rings. The maximum atomic E-state index is 12.2. The molecule has 1 saturated heterocycles. The van der Waals surface area contributed by atoms with Gasteiger partial charge in [0.2, 0.25) is 5.91 Å². The lowest BCUT2D eigenvalue weighted by Gasteiger charge is -2.40. The van der Waals surface area contributed by atoms with Gasteiger partial charge < -0.3 is 5.32 Å². The van der Waals surface area contributed by atoms with Crippen LogP contribution in [0.4, 0.5) is 0 Å². The van der Waals surface area contributed by atoms with Crippen LogP contribution in [0.3, 0.4) is 0 Å². The first-order valence-electron chi connectivity index (χ1n) is 8.84. The van der Waals surface area contributed by atoms with Crippen LogP contribution in [-0.4, -0.2) is 12.5 Å². The Kier molecular flexibility index (Phi) is 4.51. The predicted molar refractivity (Wildman–Crippen MR) is 102 cm³/mol. The van der Waals surface area contributed by atoms with Crippen LogP contribution < -0.4 is 5.32 Å². The summed E-state index contributed by atoms with van der Waals surface area (Å²) in [7, 11) is 0. The first-order chi connectivity index (χ1) is 12.0. The van der Waals surface area contributed by atoms with E-state index in [9.17, 15) is 4.79 Å². The molecule has 130 valence electrons. The summed E-state index contributed by atoms with van der Waals surface area (Å²) in [6, 6.07) is 14.5. The maximum absolute atomic E-state index is 12.2. The highest BCUT2D eigenvalue weighted by molar-refractivity contribution is 6.35. The summed E-state index contributed by atoms with van der Waals surface area (Å²) in [6.07, 6.45) is 1.89. The van der Waals surface area contributed by atoms with Gasteiger partial charge in [-0.3, -0.25) is 4.79 Å². The van der Waals surface area contributed by atoms with Gasteiger partial charge in [-0.05, 0) is 60.8 Å². The Bertz CT molecular complexity index is 802. The third-order valence-electron chi connectivity index (χ3n) is 5.87. The monoisotopic (exact) mass is 373 g/mol. The van der Waals surface area contributed by atoms with Crippen LogP contribution in [0, 0.1) is 18.8 Å². The molecule has 1 N–H and O–H groups in total. The third-order valence-corrected chi connectivity index (χ3v) is 6.44. The zero-order valence-electron chi connectivity index (χ0n) is 14.1. The minimum absolute atomic E-state index is 0.119. The summed E-state index contributed by atoms with van der Waals surface area (Å²) in [4.78, 5) is 12.2. The number of aryl methyl sites for hydroxylation is 1. The number of rotatable bonds is 2. The molecule has 2 aromatic rings. The van der Waals surface area contributed by atoms with Gasteiger partial charge in [0.05, 0.1) is 0 Å². The number of hydrogen-bond donors (Lipinski definition) is 1. The van der Waals surface area contributed by atoms with Crippen LogP contribution in [0.1, 0.15) is 41.4 Å². The van der Waals surface area contributed by atoms with E-state index >= 15 is 0 Å². The number of carbonyl (C=O) groups is 1. The molecular weight excluding hydrogens is 353 g/mol. The Labute approximate surface area is 158 Å². The summed E-state index contributed by atoms with van der Waals surface area (Å²) < 4.78 is 0. The zero-order valence-corrected chi connectivity index (χ0v) is 15.6. The van der Waals surface area contributed by atoms with Crippen molar-refractivity contribution in [1.29, 1.82) is 0 Å². The Balaban J connectivity index is 1.78. The van der Waals surface area contributed by atoms with E-state index in [-0.39, 0.29) is 17.7 Å². The summed E-state index contributed by atoms with van der Waals surface area (Å²) in [5.41, 5.74) is 3.69. The van der Waals surface area contributed by atoms with Crippen molar-refractivity contribution in [2.45, 2.75) is 31.6 Å². The molecule has 1 amide bonds. The quantitative estimate of drug-likeness (QED) is 0.757. The molecule has 1 saturated carbocycles. The van der Waals surface area contributed by atoms with E-state index in [4.69, 9.17) is 23.2 Å². The molecule has 4 rings (SSSR count). The van der Waals surface area contributed by atoms with Crippen molar-refractivity contribution in [3.05, 3.63) is 69.2 Å². The number of fused-ring (bicyclic) bond motifs is 1. The van der Waals surface area contributed by atoms with Crippen LogP contribution in [0.15, 0.2) is 42.5 Å². The largest absolute Gasteiger partial charge is 0.356 e. The number of halogens is 2. The van der Waals surface area contributed by atoms with Crippen molar-refractivity contribution in [3.8, 4) is 0 Å². The molecule has 0 radical (unpaired) electrons. The van der Waals surface area contributed by atoms with E-state index < -0.39 is 0 Å². The van der Waals surface area contributed by atoms with E-state index in [0.29, 0.717) is 16.9 Å². The normalized spacial score (nSPS) is 28.5. The number of nitrogens with one attached hydrogen (secondary N) is 1. The average molecular weight is 374 g/mol. The molecule has 2 aliphatic rings. The van der Waals surface area contributed by atoms with E-state index in [1.807, 2.05) is 12.1 Å². The summed E-state index contributed by atoms with van der Waals surface area (Å²) >= 11 is 12.6. The van der Waals surface area contributed by atoms with Gasteiger partial charge in [-0.15, -0.1) is 0 Å². The fourth-order valence-electron chi connectivity index (χ4n) is 4.67. The fourth-order valence-corrected chi connectivity index (χ4v) is 5.21. The Morgan fingerprint density at radius 2 is 1.72 bits per heavy atom. The van der Waals surface area contributed by atoms with Crippen molar-refractivity contribution in [2.24, 2.45) is 11.8 Å². The molecule has 2 aromatic carbocycles. The molecule has 4 heteroatoms. The minimum Gasteiger partial charge on any atom is -0.356 e. The van der Waals surface area contributed by atoms with Crippen LogP contribution in [0.5, 0.6) is 0 Å². The van der Waals surface area contributed by atoms with E-state index in [2.05, 4.69) is 42.6 Å². The first-order valence-corrected chi connectivity index (χ1v) is 9.59. The molecule has 0 unspecified atom stereocenters. The predicted octanol–water partition coefficient (Wildman–Crippen LogP) is 5.33. The molecule has 0 spiro atoms. The lowest BCUT2D eigenvalue weighted by Crippen LogP contribution is -2.32. The van der Waals surface area contributed by atoms with Crippen molar-refractivity contribution >= 4 is 29.1 Å². The fraction of sp³-hybridized carbons (Fsp3) is 0.381. The second-order valence-corrected chi connectivity index (χ2v) is 8.15. The standard InChI is InChI=1S/C21H21Cl2NO/c1-12-2-4-13(5-3-12)20-16(15-7-6-14(22)10-19(15)23)8-9-17-18(20)11-24-21(17)25/h2-7,10,16-18,20H,8-9,11H2,1H3,(H,24,25)/t16-,17+,18+,20-/m0/s1. The average Bonchev–Trinajstić information content (AvgIpc) is 2.97. The SMILES string of the molecule is Cc1ccc([C@@H]2[C@@H]3CNC(=O)[C@@H]3CC[C@H]2c2ccc(Cl)cc2Cl)cc1. The lowest BCUT2D eigenvalue weighted by atomic mass is 9.63. The van der Waals surface area contributed by atoms with E-state index in [1.54, 1.807) is 0 Å². The highest BCUT2D eigenvalue weighted by Crippen LogP contribution is 2.52. The van der Waals surface area contributed by atoms with Gasteiger partial charge in [-0.25, -0.2) is 0 Å².